The number of amides is 1. The Balaban J connectivity index is 1.44. The van der Waals surface area contributed by atoms with Crippen molar-refractivity contribution in [1.82, 2.24) is 24.5 Å². The van der Waals surface area contributed by atoms with Crippen LogP contribution in [0.15, 0.2) is 42.9 Å². The molecule has 0 saturated heterocycles. The zero-order chi connectivity index (χ0) is 27.2. The van der Waals surface area contributed by atoms with Gasteiger partial charge < -0.3 is 25.8 Å². The monoisotopic (exact) mass is 536 g/mol. The summed E-state index contributed by atoms with van der Waals surface area (Å²) in [7, 11) is 0. The predicted molar refractivity (Wildman–Crippen MR) is 129 cm³/mol. The minimum atomic E-state index is -3.54. The normalized spacial score (nSPS) is 21.8. The molecule has 4 heterocycles. The fourth-order valence-corrected chi connectivity index (χ4v) is 6.25. The molecule has 2 aliphatic carbocycles. The number of rotatable bonds is 4. The average molecular weight is 536 g/mol. The molecular formula is C26H22F2N6O5. The minimum Gasteiger partial charge on any atom is -0.434 e. The highest BCUT2D eigenvalue weighted by molar-refractivity contribution is 5.98. The third-order valence-corrected chi connectivity index (χ3v) is 7.80. The molecule has 3 aliphatic rings. The summed E-state index contributed by atoms with van der Waals surface area (Å²) in [5.74, 6) is -1.87. The molecule has 0 radical (unpaired) electrons. The van der Waals surface area contributed by atoms with E-state index in [0.717, 1.165) is 29.7 Å². The maximum Gasteiger partial charge on any atom is 0.387 e. The molecule has 200 valence electrons. The number of halogens is 2. The van der Waals surface area contributed by atoms with Gasteiger partial charge in [0.1, 0.15) is 12.1 Å². The van der Waals surface area contributed by atoms with Crippen LogP contribution in [0.3, 0.4) is 0 Å². The van der Waals surface area contributed by atoms with Crippen LogP contribution < -0.4 is 10.5 Å². The molecule has 2 bridgehead atoms. The van der Waals surface area contributed by atoms with Crippen LogP contribution in [0, 0.1) is 0 Å². The lowest BCUT2D eigenvalue weighted by Crippen LogP contribution is -2.53. The van der Waals surface area contributed by atoms with Gasteiger partial charge in [-0.1, -0.05) is 6.07 Å². The number of fused-ring (bicyclic) bond motifs is 10. The van der Waals surface area contributed by atoms with Gasteiger partial charge in [-0.3, -0.25) is 14.7 Å². The van der Waals surface area contributed by atoms with Gasteiger partial charge in [0.2, 0.25) is 0 Å². The van der Waals surface area contributed by atoms with E-state index in [1.807, 2.05) is 6.07 Å². The van der Waals surface area contributed by atoms with Gasteiger partial charge in [-0.15, -0.1) is 0 Å². The van der Waals surface area contributed by atoms with Gasteiger partial charge in [0.15, 0.2) is 0 Å². The molecule has 7 rings (SSSR count). The maximum absolute atomic E-state index is 13.4. The summed E-state index contributed by atoms with van der Waals surface area (Å²) >= 11 is 0. The van der Waals surface area contributed by atoms with Crippen LogP contribution in [-0.2, 0) is 6.42 Å². The van der Waals surface area contributed by atoms with Crippen LogP contribution in [0.2, 0.25) is 0 Å². The quantitative estimate of drug-likeness (QED) is 0.286. The molecule has 1 amide bonds. The fourth-order valence-electron chi connectivity index (χ4n) is 6.25. The molecule has 13 heteroatoms. The lowest BCUT2D eigenvalue weighted by molar-refractivity contribution is -0.385. The van der Waals surface area contributed by atoms with Crippen molar-refractivity contribution in [2.75, 3.05) is 0 Å². The Morgan fingerprint density at radius 3 is 2.72 bits per heavy atom. The van der Waals surface area contributed by atoms with E-state index in [2.05, 4.69) is 15.1 Å². The molecule has 0 fully saturated rings. The van der Waals surface area contributed by atoms with E-state index in [4.69, 9.17) is 10.5 Å². The number of nitrogens with zero attached hydrogens (tertiary/aromatic N) is 5. The van der Waals surface area contributed by atoms with E-state index in [-0.39, 0.29) is 35.0 Å². The van der Waals surface area contributed by atoms with E-state index in [9.17, 15) is 28.9 Å². The third-order valence-electron chi connectivity index (χ3n) is 7.80. The summed E-state index contributed by atoms with van der Waals surface area (Å²) in [4.78, 5) is 23.0. The van der Waals surface area contributed by atoms with E-state index in [0.29, 0.717) is 21.7 Å². The number of nitrogens with two attached hydrogens (primary N) is 1. The van der Waals surface area contributed by atoms with Crippen molar-refractivity contribution in [2.24, 2.45) is 5.73 Å². The maximum atomic E-state index is 13.4. The number of hydrogen-bond acceptors (Lipinski definition) is 9. The second-order valence-electron chi connectivity index (χ2n) is 9.99. The first-order valence-corrected chi connectivity index (χ1v) is 12.3. The van der Waals surface area contributed by atoms with Crippen molar-refractivity contribution in [2.45, 2.75) is 50.0 Å². The first kappa shape index (κ1) is 24.0. The summed E-state index contributed by atoms with van der Waals surface area (Å²) < 4.78 is 33.0. The molecule has 4 aromatic rings. The Bertz CT molecular complexity index is 1670. The van der Waals surface area contributed by atoms with Crippen LogP contribution >= 0.6 is 0 Å². The third kappa shape index (κ3) is 3.54. The molecule has 11 nitrogen and oxygen atoms in total. The molecule has 5 N–H and O–H groups in total. The Kier molecular flexibility index (Phi) is 5.07. The molecule has 0 spiro atoms. The first-order valence-electron chi connectivity index (χ1n) is 12.3. The van der Waals surface area contributed by atoms with Crippen molar-refractivity contribution in [3.63, 3.8) is 0 Å². The number of hydrogen-bond donors (Lipinski definition) is 4. The highest BCUT2D eigenvalue weighted by Crippen LogP contribution is 2.54. The standard InChI is InChI=1S/C26H22F2N6O5/c27-25(28)39-19-3-1-2-13-20(19)14-7-18(34(24(13)35)26(36,37)38)23-21(14)17-8-16(31-10-33(17)32-23)12-6-11-4-5-15(29)22(11)30-9-12/h1-3,6,8-10,14-15,18,25,36-38H,4-5,7,29H2. The van der Waals surface area contributed by atoms with Gasteiger partial charge in [0.05, 0.1) is 28.6 Å². The van der Waals surface area contributed by atoms with Crippen LogP contribution in [0.4, 0.5) is 8.78 Å². The summed E-state index contributed by atoms with van der Waals surface area (Å²) in [6.45, 7) is -3.16. The number of ether oxygens (including phenoxy) is 1. The van der Waals surface area contributed by atoms with Crippen molar-refractivity contribution < 1.29 is 33.6 Å². The van der Waals surface area contributed by atoms with Crippen LogP contribution in [-0.4, -0.2) is 58.4 Å². The number of benzene rings is 1. The highest BCUT2D eigenvalue weighted by Gasteiger charge is 2.52. The van der Waals surface area contributed by atoms with Gasteiger partial charge in [-0.05, 0) is 49.1 Å². The van der Waals surface area contributed by atoms with E-state index in [1.165, 1.54) is 29.0 Å². The molecule has 1 aromatic carbocycles. The summed E-state index contributed by atoms with van der Waals surface area (Å²) in [6, 6.07) is 6.65. The smallest absolute Gasteiger partial charge is 0.387 e. The van der Waals surface area contributed by atoms with Crippen molar-refractivity contribution in [3.8, 4) is 17.0 Å². The number of carbonyl (C=O) groups excluding carboxylic acids is 1. The largest absolute Gasteiger partial charge is 0.434 e. The number of alkyl halides is 2. The molecule has 39 heavy (non-hydrogen) atoms. The molecule has 3 atom stereocenters. The Morgan fingerprint density at radius 1 is 1.13 bits per heavy atom. The number of aliphatic hydroxyl groups is 3. The lowest BCUT2D eigenvalue weighted by Gasteiger charge is -2.34. The Labute approximate surface area is 219 Å². The van der Waals surface area contributed by atoms with Crippen molar-refractivity contribution >= 4 is 11.4 Å². The molecular weight excluding hydrogens is 514 g/mol. The van der Waals surface area contributed by atoms with Gasteiger partial charge in [-0.25, -0.2) is 9.50 Å². The molecule has 3 unspecified atom stereocenters. The number of carbonyl (C=O) groups is 1. The number of aromatic nitrogens is 4. The van der Waals surface area contributed by atoms with Gasteiger partial charge in [0, 0.05) is 40.4 Å². The van der Waals surface area contributed by atoms with E-state index in [1.54, 1.807) is 12.3 Å². The average Bonchev–Trinajstić information content (AvgIpc) is 3.52. The predicted octanol–water partition coefficient (Wildman–Crippen LogP) is 1.96. The molecule has 3 aromatic heterocycles. The molecule has 0 saturated carbocycles. The zero-order valence-electron chi connectivity index (χ0n) is 20.2. The van der Waals surface area contributed by atoms with Crippen molar-refractivity contribution in [3.05, 3.63) is 76.5 Å². The zero-order valence-corrected chi connectivity index (χ0v) is 20.2. The second-order valence-corrected chi connectivity index (χ2v) is 9.99. The number of aryl methyl sites for hydroxylation is 1. The fraction of sp³-hybridized carbons (Fsp3) is 0.308. The van der Waals surface area contributed by atoms with Gasteiger partial charge in [0.25, 0.3) is 5.91 Å². The van der Waals surface area contributed by atoms with Crippen LogP contribution in [0.1, 0.15) is 69.3 Å². The second kappa shape index (κ2) is 8.23. The van der Waals surface area contributed by atoms with E-state index < -0.39 is 30.6 Å². The van der Waals surface area contributed by atoms with Crippen LogP contribution in [0.5, 0.6) is 5.75 Å². The van der Waals surface area contributed by atoms with Gasteiger partial charge in [-0.2, -0.15) is 13.9 Å². The van der Waals surface area contributed by atoms with Gasteiger partial charge >= 0.3 is 12.7 Å². The summed E-state index contributed by atoms with van der Waals surface area (Å²) in [5.41, 5.74) is 10.9. The Hall–Kier alpha value is -4.04. The first-order chi connectivity index (χ1) is 18.6. The van der Waals surface area contributed by atoms with E-state index >= 15 is 0 Å². The summed E-state index contributed by atoms with van der Waals surface area (Å²) in [5, 5.41) is 35.1. The Morgan fingerprint density at radius 2 is 1.95 bits per heavy atom. The SMILES string of the molecule is NC1CCc2cc(-c3cc4c5c(nn4cn3)C3CC5c4c(OC(F)F)cccc4C(=O)N3C(O)(O)O)cnc21. The lowest BCUT2D eigenvalue weighted by atomic mass is 9.88. The number of pyridine rings is 1. The topological polar surface area (TPSA) is 159 Å². The highest BCUT2D eigenvalue weighted by atomic mass is 19.3. The molecule has 1 aliphatic heterocycles. The minimum absolute atomic E-state index is 0.0515. The summed E-state index contributed by atoms with van der Waals surface area (Å²) in [6.07, 6.45) is 1.32. The van der Waals surface area contributed by atoms with Crippen LogP contribution in [0.25, 0.3) is 16.8 Å². The van der Waals surface area contributed by atoms with Crippen molar-refractivity contribution in [1.29, 1.82) is 0 Å².